The van der Waals surface area contributed by atoms with Crippen LogP contribution in [0.1, 0.15) is 32.8 Å². The van der Waals surface area contributed by atoms with E-state index >= 15 is 0 Å². The molecule has 1 aliphatic heterocycles. The van der Waals surface area contributed by atoms with E-state index in [9.17, 15) is 13.2 Å². The number of rotatable bonds is 4. The SMILES string of the molecule is Cc1ccc(S(=O)(=O)n2ccc3c4c(cnc32)ncn4N2CC[C@@H](NC(=O)OC(C)(C)C)C2)cc1. The first-order valence-electron chi connectivity index (χ1n) is 11.4. The zero-order chi connectivity index (χ0) is 25.0. The zero-order valence-electron chi connectivity index (χ0n) is 20.1. The van der Waals surface area contributed by atoms with Gasteiger partial charge in [-0.3, -0.25) is 0 Å². The molecule has 3 aromatic heterocycles. The highest BCUT2D eigenvalue weighted by atomic mass is 32.2. The van der Waals surface area contributed by atoms with Crippen LogP contribution in [0.25, 0.3) is 22.1 Å². The summed E-state index contributed by atoms with van der Waals surface area (Å²) in [6.07, 6.45) is 5.12. The number of alkyl carbamates (subject to hydrolysis) is 1. The van der Waals surface area contributed by atoms with Gasteiger partial charge < -0.3 is 15.1 Å². The van der Waals surface area contributed by atoms with Gasteiger partial charge in [0.05, 0.1) is 23.7 Å². The first-order chi connectivity index (χ1) is 16.5. The molecule has 0 saturated carbocycles. The average molecular weight is 497 g/mol. The van der Waals surface area contributed by atoms with Crippen LogP contribution in [-0.4, -0.2) is 57.9 Å². The number of benzene rings is 1. The number of aryl methyl sites for hydroxylation is 1. The maximum absolute atomic E-state index is 13.3. The Labute approximate surface area is 203 Å². The van der Waals surface area contributed by atoms with E-state index < -0.39 is 21.7 Å². The van der Waals surface area contributed by atoms with E-state index in [-0.39, 0.29) is 10.9 Å². The van der Waals surface area contributed by atoms with E-state index in [1.807, 2.05) is 32.4 Å². The topological polar surface area (TPSA) is 111 Å². The van der Waals surface area contributed by atoms with Crippen LogP contribution in [-0.2, 0) is 14.8 Å². The minimum atomic E-state index is -3.81. The predicted molar refractivity (Wildman–Crippen MR) is 133 cm³/mol. The summed E-state index contributed by atoms with van der Waals surface area (Å²) in [4.78, 5) is 21.3. The van der Waals surface area contributed by atoms with Gasteiger partial charge in [0.25, 0.3) is 10.0 Å². The van der Waals surface area contributed by atoms with Gasteiger partial charge in [-0.25, -0.2) is 31.8 Å². The van der Waals surface area contributed by atoms with Crippen molar-refractivity contribution in [1.82, 2.24) is 23.9 Å². The second-order valence-electron chi connectivity index (χ2n) is 9.79. The summed E-state index contributed by atoms with van der Waals surface area (Å²) >= 11 is 0. The smallest absolute Gasteiger partial charge is 0.407 e. The number of imidazole rings is 1. The average Bonchev–Trinajstić information content (AvgIpc) is 3.49. The van der Waals surface area contributed by atoms with Crippen LogP contribution < -0.4 is 10.3 Å². The molecular formula is C24H28N6O4S. The molecule has 1 fully saturated rings. The lowest BCUT2D eigenvalue weighted by Gasteiger charge is -2.23. The molecule has 1 aromatic carbocycles. The highest BCUT2D eigenvalue weighted by Crippen LogP contribution is 2.28. The largest absolute Gasteiger partial charge is 0.444 e. The lowest BCUT2D eigenvalue weighted by atomic mass is 10.2. The highest BCUT2D eigenvalue weighted by molar-refractivity contribution is 7.90. The third kappa shape index (κ3) is 4.31. The molecule has 10 nitrogen and oxygen atoms in total. The van der Waals surface area contributed by atoms with Gasteiger partial charge >= 0.3 is 6.09 Å². The molecule has 0 aliphatic carbocycles. The van der Waals surface area contributed by atoms with Gasteiger partial charge in [-0.1, -0.05) is 17.7 Å². The number of nitrogens with zero attached hydrogens (tertiary/aromatic N) is 5. The van der Waals surface area contributed by atoms with Crippen LogP contribution in [0.5, 0.6) is 0 Å². The molecule has 5 rings (SSSR count). The van der Waals surface area contributed by atoms with Crippen LogP contribution in [0, 0.1) is 6.92 Å². The van der Waals surface area contributed by atoms with Crippen molar-refractivity contribution < 1.29 is 17.9 Å². The van der Waals surface area contributed by atoms with Crippen molar-refractivity contribution in [3.63, 3.8) is 0 Å². The van der Waals surface area contributed by atoms with Crippen molar-refractivity contribution >= 4 is 38.2 Å². The molecule has 1 saturated heterocycles. The Bertz CT molecular complexity index is 1520. The van der Waals surface area contributed by atoms with E-state index in [4.69, 9.17) is 4.74 Å². The molecule has 184 valence electrons. The molecule has 35 heavy (non-hydrogen) atoms. The van der Waals surface area contributed by atoms with Crippen molar-refractivity contribution in [2.24, 2.45) is 0 Å². The lowest BCUT2D eigenvalue weighted by Crippen LogP contribution is -2.42. The molecule has 1 aliphatic rings. The van der Waals surface area contributed by atoms with Crippen molar-refractivity contribution in [2.45, 2.75) is 50.7 Å². The van der Waals surface area contributed by atoms with E-state index in [0.717, 1.165) is 17.5 Å². The molecule has 0 spiro atoms. The van der Waals surface area contributed by atoms with Crippen molar-refractivity contribution in [3.05, 3.63) is 54.6 Å². The number of pyridine rings is 1. The number of ether oxygens (including phenoxy) is 1. The van der Waals surface area contributed by atoms with Crippen LogP contribution in [0.4, 0.5) is 4.79 Å². The number of amides is 1. The van der Waals surface area contributed by atoms with Crippen molar-refractivity contribution in [1.29, 1.82) is 0 Å². The van der Waals surface area contributed by atoms with Crippen molar-refractivity contribution in [2.75, 3.05) is 18.1 Å². The molecule has 0 bridgehead atoms. The molecule has 0 radical (unpaired) electrons. The Morgan fingerprint density at radius 1 is 1.14 bits per heavy atom. The third-order valence-corrected chi connectivity index (χ3v) is 7.62. The van der Waals surface area contributed by atoms with Gasteiger partial charge in [0.1, 0.15) is 23.0 Å². The zero-order valence-corrected chi connectivity index (χ0v) is 20.9. The Morgan fingerprint density at radius 3 is 2.60 bits per heavy atom. The molecule has 11 heteroatoms. The summed E-state index contributed by atoms with van der Waals surface area (Å²) in [6.45, 7) is 8.66. The number of aromatic nitrogens is 4. The van der Waals surface area contributed by atoms with Gasteiger partial charge in [0, 0.05) is 18.1 Å². The molecular weight excluding hydrogens is 468 g/mol. The van der Waals surface area contributed by atoms with E-state index in [1.54, 1.807) is 42.9 Å². The first-order valence-corrected chi connectivity index (χ1v) is 12.9. The second-order valence-corrected chi connectivity index (χ2v) is 11.6. The Morgan fingerprint density at radius 2 is 1.89 bits per heavy atom. The van der Waals surface area contributed by atoms with Gasteiger partial charge in [-0.05, 0) is 52.3 Å². The Hall–Kier alpha value is -3.60. The lowest BCUT2D eigenvalue weighted by molar-refractivity contribution is 0.0508. The number of nitrogens with one attached hydrogen (secondary N) is 1. The predicted octanol–water partition coefficient (Wildman–Crippen LogP) is 3.17. The van der Waals surface area contributed by atoms with Crippen LogP contribution in [0.2, 0.25) is 0 Å². The van der Waals surface area contributed by atoms with Crippen molar-refractivity contribution in [3.8, 4) is 0 Å². The number of hydrogen-bond acceptors (Lipinski definition) is 7. The number of carbonyl (C=O) groups is 1. The quantitative estimate of drug-likeness (QED) is 0.462. The van der Waals surface area contributed by atoms with Gasteiger partial charge in [0.15, 0.2) is 5.65 Å². The molecule has 4 aromatic rings. The maximum atomic E-state index is 13.3. The van der Waals surface area contributed by atoms with E-state index in [1.165, 1.54) is 10.2 Å². The van der Waals surface area contributed by atoms with E-state index in [0.29, 0.717) is 29.6 Å². The normalized spacial score (nSPS) is 16.8. The summed E-state index contributed by atoms with van der Waals surface area (Å²) in [5.74, 6) is 0. The van der Waals surface area contributed by atoms with Gasteiger partial charge in [-0.2, -0.15) is 0 Å². The fraction of sp³-hybridized carbons (Fsp3) is 0.375. The molecule has 1 amide bonds. The molecule has 4 heterocycles. The van der Waals surface area contributed by atoms with Gasteiger partial charge in [-0.15, -0.1) is 0 Å². The Balaban J connectivity index is 1.46. The number of hydrogen-bond donors (Lipinski definition) is 1. The highest BCUT2D eigenvalue weighted by Gasteiger charge is 2.28. The summed E-state index contributed by atoms with van der Waals surface area (Å²) in [5, 5.41) is 5.68. The van der Waals surface area contributed by atoms with Gasteiger partial charge in [0.2, 0.25) is 0 Å². The first kappa shape index (κ1) is 23.2. The summed E-state index contributed by atoms with van der Waals surface area (Å²) in [5.41, 5.74) is 2.18. The molecule has 0 unspecified atom stereocenters. The standard InChI is InChI=1S/C24H28N6O4S/c1-16-5-7-18(8-6-16)35(32,33)30-12-10-19-21-20(13-25-22(19)30)26-15-29(21)28-11-9-17(14-28)27-23(31)34-24(2,3)4/h5-8,10,12-13,15,17H,9,11,14H2,1-4H3,(H,27,31)/t17-/m1/s1. The van der Waals surface area contributed by atoms with Crippen LogP contribution in [0.15, 0.2) is 53.9 Å². The van der Waals surface area contributed by atoms with Crippen LogP contribution in [0.3, 0.4) is 0 Å². The summed E-state index contributed by atoms with van der Waals surface area (Å²) in [7, 11) is -3.81. The number of carbonyl (C=O) groups excluding carboxylic acids is 1. The second kappa shape index (κ2) is 8.26. The number of fused-ring (bicyclic) bond motifs is 3. The third-order valence-electron chi connectivity index (χ3n) is 5.94. The maximum Gasteiger partial charge on any atom is 0.407 e. The van der Waals surface area contributed by atoms with Crippen LogP contribution >= 0.6 is 0 Å². The molecule has 1 N–H and O–H groups in total. The fourth-order valence-corrected chi connectivity index (χ4v) is 5.61. The minimum Gasteiger partial charge on any atom is -0.444 e. The monoisotopic (exact) mass is 496 g/mol. The fourth-order valence-electron chi connectivity index (χ4n) is 4.31. The summed E-state index contributed by atoms with van der Waals surface area (Å²) < 4.78 is 35.1. The minimum absolute atomic E-state index is 0.0776. The van der Waals surface area contributed by atoms with E-state index in [2.05, 4.69) is 20.3 Å². The summed E-state index contributed by atoms with van der Waals surface area (Å²) in [6, 6.07) is 8.41. The Kier molecular flexibility index (Phi) is 5.47. The molecule has 1 atom stereocenters.